The summed E-state index contributed by atoms with van der Waals surface area (Å²) in [5.41, 5.74) is 0.201. The first-order valence-electron chi connectivity index (χ1n) is 16.0. The Morgan fingerprint density at radius 2 is 1.74 bits per heavy atom. The number of carbonyl (C=O) groups excluding carboxylic acids is 1. The Morgan fingerprint density at radius 1 is 0.960 bits per heavy atom. The fraction of sp³-hybridized carbons (Fsp3) is 0.314. The first-order chi connectivity index (χ1) is 24.2. The van der Waals surface area contributed by atoms with Gasteiger partial charge in [0.15, 0.2) is 23.1 Å². The molecule has 262 valence electrons. The lowest BCUT2D eigenvalue weighted by molar-refractivity contribution is -0.0498. The van der Waals surface area contributed by atoms with Crippen molar-refractivity contribution in [1.29, 1.82) is 0 Å². The number of anilines is 1. The number of carbonyl (C=O) groups is 1. The number of piperidine rings is 1. The van der Waals surface area contributed by atoms with E-state index in [1.807, 2.05) is 0 Å². The smallest absolute Gasteiger partial charge is 0.387 e. The molecule has 0 unspecified atom stereocenters. The molecule has 0 aliphatic carbocycles. The minimum absolute atomic E-state index is 0.0821. The van der Waals surface area contributed by atoms with Crippen LogP contribution >= 0.6 is 0 Å². The SMILES string of the molecule is COc1cc2c(Oc3ccc(NC(=O)c4nn(-c5ccc(OC(F)F)cc5)c(=O)n4C)cc3F)ccnc2cc1OCCCN1CCCCC1. The molecule has 0 bridgehead atoms. The molecule has 1 fully saturated rings. The van der Waals surface area contributed by atoms with Crippen LogP contribution in [0, 0.1) is 5.82 Å². The van der Waals surface area contributed by atoms with Gasteiger partial charge in [-0.25, -0.2) is 9.18 Å². The summed E-state index contributed by atoms with van der Waals surface area (Å²) in [5.74, 6) is -0.671. The second-order valence-corrected chi connectivity index (χ2v) is 11.6. The highest BCUT2D eigenvalue weighted by atomic mass is 19.3. The quantitative estimate of drug-likeness (QED) is 0.145. The number of nitrogens with one attached hydrogen (secondary N) is 1. The number of ether oxygens (including phenoxy) is 4. The Bertz CT molecular complexity index is 2030. The van der Waals surface area contributed by atoms with E-state index in [0.717, 1.165) is 41.4 Å². The van der Waals surface area contributed by atoms with Gasteiger partial charge in [0.2, 0.25) is 5.82 Å². The molecule has 12 nitrogen and oxygen atoms in total. The van der Waals surface area contributed by atoms with Crippen molar-refractivity contribution in [2.45, 2.75) is 32.3 Å². The number of likely N-dealkylation sites (tertiary alicyclic amines) is 1. The minimum Gasteiger partial charge on any atom is -0.493 e. The van der Waals surface area contributed by atoms with Gasteiger partial charge in [-0.1, -0.05) is 6.42 Å². The van der Waals surface area contributed by atoms with Gasteiger partial charge < -0.3 is 29.2 Å². The van der Waals surface area contributed by atoms with Crippen LogP contribution in [0.4, 0.5) is 18.9 Å². The molecule has 1 aliphatic rings. The van der Waals surface area contributed by atoms with Crippen molar-refractivity contribution in [1.82, 2.24) is 24.2 Å². The van der Waals surface area contributed by atoms with Crippen molar-refractivity contribution in [2.75, 3.05) is 38.7 Å². The van der Waals surface area contributed by atoms with E-state index in [4.69, 9.17) is 14.2 Å². The van der Waals surface area contributed by atoms with Gasteiger partial charge in [-0.15, -0.1) is 5.10 Å². The normalized spacial score (nSPS) is 13.4. The standard InChI is InChI=1S/C35H35F3N6O6/c1-42-32(41-44(35(42)46)23-8-10-24(11-9-23)49-34(37)38)33(45)40-22-7-12-29(26(36)19-22)50-28-13-14-39-27-21-31(30(47-2)20-25(27)28)48-18-6-17-43-15-4-3-5-16-43/h7-14,19-21,34H,3-6,15-18H2,1-2H3,(H,40,45). The number of rotatable bonds is 13. The molecule has 0 spiro atoms. The maximum atomic E-state index is 15.3. The van der Waals surface area contributed by atoms with Gasteiger partial charge in [0.05, 0.1) is 24.9 Å². The third-order valence-corrected chi connectivity index (χ3v) is 8.21. The van der Waals surface area contributed by atoms with Crippen LogP contribution in [-0.4, -0.2) is 70.1 Å². The molecule has 1 N–H and O–H groups in total. The van der Waals surface area contributed by atoms with Gasteiger partial charge in [0, 0.05) is 43.0 Å². The van der Waals surface area contributed by atoms with E-state index in [2.05, 4.69) is 25.0 Å². The maximum Gasteiger partial charge on any atom is 0.387 e. The number of hydrogen-bond donors (Lipinski definition) is 1. The monoisotopic (exact) mass is 692 g/mol. The Labute approximate surface area is 284 Å². The molecule has 3 aromatic carbocycles. The highest BCUT2D eigenvalue weighted by Gasteiger charge is 2.20. The minimum atomic E-state index is -3.00. The lowest BCUT2D eigenvalue weighted by Gasteiger charge is -2.26. The molecule has 0 saturated carbocycles. The molecule has 1 saturated heterocycles. The largest absolute Gasteiger partial charge is 0.493 e. The number of hydrogen-bond acceptors (Lipinski definition) is 9. The summed E-state index contributed by atoms with van der Waals surface area (Å²) in [5, 5.41) is 7.18. The van der Waals surface area contributed by atoms with E-state index in [-0.39, 0.29) is 28.7 Å². The molecule has 2 aromatic heterocycles. The van der Waals surface area contributed by atoms with Crippen LogP contribution in [0.25, 0.3) is 16.6 Å². The zero-order valence-corrected chi connectivity index (χ0v) is 27.4. The summed E-state index contributed by atoms with van der Waals surface area (Å²) >= 11 is 0. The molecule has 1 amide bonds. The van der Waals surface area contributed by atoms with Crippen molar-refractivity contribution < 1.29 is 36.9 Å². The van der Waals surface area contributed by atoms with Crippen LogP contribution in [0.15, 0.2) is 71.7 Å². The summed E-state index contributed by atoms with van der Waals surface area (Å²) in [6.07, 6.45) is 6.20. The number of halogens is 3. The van der Waals surface area contributed by atoms with Crippen LogP contribution in [0.1, 0.15) is 36.3 Å². The lowest BCUT2D eigenvalue weighted by atomic mass is 10.1. The van der Waals surface area contributed by atoms with Gasteiger partial charge in [-0.3, -0.25) is 14.3 Å². The molecule has 0 radical (unpaired) electrons. The summed E-state index contributed by atoms with van der Waals surface area (Å²) in [6.45, 7) is 0.753. The second kappa shape index (κ2) is 15.3. The van der Waals surface area contributed by atoms with E-state index in [1.54, 1.807) is 31.5 Å². The number of pyridine rings is 1. The number of methoxy groups -OCH3 is 1. The second-order valence-electron chi connectivity index (χ2n) is 11.6. The fourth-order valence-electron chi connectivity index (χ4n) is 5.68. The number of aromatic nitrogens is 4. The summed E-state index contributed by atoms with van der Waals surface area (Å²) in [6, 6.07) is 14.1. The highest BCUT2D eigenvalue weighted by Crippen LogP contribution is 2.38. The van der Waals surface area contributed by atoms with E-state index in [0.29, 0.717) is 34.8 Å². The van der Waals surface area contributed by atoms with Crippen molar-refractivity contribution >= 4 is 22.5 Å². The van der Waals surface area contributed by atoms with Crippen LogP contribution in [0.5, 0.6) is 28.7 Å². The first-order valence-corrected chi connectivity index (χ1v) is 16.0. The summed E-state index contributed by atoms with van der Waals surface area (Å²) in [7, 11) is 2.88. The van der Waals surface area contributed by atoms with Crippen molar-refractivity contribution in [3.63, 3.8) is 0 Å². The topological polar surface area (TPSA) is 122 Å². The third-order valence-electron chi connectivity index (χ3n) is 8.21. The molecular formula is C35H35F3N6O6. The molecule has 6 rings (SSSR count). The van der Waals surface area contributed by atoms with E-state index in [1.165, 1.54) is 62.7 Å². The Kier molecular flexibility index (Phi) is 10.5. The van der Waals surface area contributed by atoms with Crippen molar-refractivity contribution in [3.05, 3.63) is 89.0 Å². The predicted molar refractivity (Wildman–Crippen MR) is 179 cm³/mol. The fourth-order valence-corrected chi connectivity index (χ4v) is 5.68. The molecule has 3 heterocycles. The molecule has 50 heavy (non-hydrogen) atoms. The number of nitrogens with zero attached hydrogens (tertiary/aromatic N) is 5. The van der Waals surface area contributed by atoms with Crippen LogP contribution in [0.2, 0.25) is 0 Å². The van der Waals surface area contributed by atoms with Crippen LogP contribution < -0.4 is 30.0 Å². The summed E-state index contributed by atoms with van der Waals surface area (Å²) < 4.78 is 64.1. The Morgan fingerprint density at radius 3 is 2.46 bits per heavy atom. The van der Waals surface area contributed by atoms with Crippen LogP contribution in [-0.2, 0) is 7.05 Å². The Balaban J connectivity index is 1.13. The molecule has 5 aromatic rings. The zero-order valence-electron chi connectivity index (χ0n) is 27.4. The molecule has 0 atom stereocenters. The first kappa shape index (κ1) is 34.3. The van der Waals surface area contributed by atoms with E-state index >= 15 is 4.39 Å². The number of alkyl halides is 2. The van der Waals surface area contributed by atoms with Crippen molar-refractivity contribution in [2.24, 2.45) is 7.05 Å². The van der Waals surface area contributed by atoms with Gasteiger partial charge in [-0.2, -0.15) is 13.5 Å². The molecule has 15 heteroatoms. The van der Waals surface area contributed by atoms with Gasteiger partial charge >= 0.3 is 12.3 Å². The maximum absolute atomic E-state index is 15.3. The van der Waals surface area contributed by atoms with Gasteiger partial charge in [0.1, 0.15) is 11.5 Å². The number of amides is 1. The van der Waals surface area contributed by atoms with Crippen LogP contribution in [0.3, 0.4) is 0 Å². The average Bonchev–Trinajstić information content (AvgIpc) is 3.41. The Hall–Kier alpha value is -5.57. The van der Waals surface area contributed by atoms with Crippen molar-refractivity contribution in [3.8, 4) is 34.4 Å². The molecule has 1 aliphatic heterocycles. The predicted octanol–water partition coefficient (Wildman–Crippen LogP) is 6.17. The molecular weight excluding hydrogens is 657 g/mol. The van der Waals surface area contributed by atoms with Gasteiger partial charge in [-0.05, 0) is 80.9 Å². The van der Waals surface area contributed by atoms with Gasteiger partial charge in [0.25, 0.3) is 5.91 Å². The third kappa shape index (κ3) is 7.83. The number of fused-ring (bicyclic) bond motifs is 1. The van der Waals surface area contributed by atoms with E-state index in [9.17, 15) is 18.4 Å². The lowest BCUT2D eigenvalue weighted by Crippen LogP contribution is -2.31. The zero-order chi connectivity index (χ0) is 35.2. The number of benzene rings is 3. The highest BCUT2D eigenvalue weighted by molar-refractivity contribution is 6.01. The summed E-state index contributed by atoms with van der Waals surface area (Å²) in [4.78, 5) is 32.7. The van der Waals surface area contributed by atoms with E-state index < -0.39 is 24.0 Å². The average molecular weight is 693 g/mol.